The number of aromatic nitrogens is 4. The van der Waals surface area contributed by atoms with Gasteiger partial charge in [-0.15, -0.1) is 0 Å². The van der Waals surface area contributed by atoms with Gasteiger partial charge in [-0.2, -0.15) is 36.9 Å². The minimum absolute atomic E-state index is 0. The monoisotopic (exact) mass is 452 g/mol. The second-order valence-corrected chi connectivity index (χ2v) is 7.05. The van der Waals surface area contributed by atoms with Crippen LogP contribution in [-0.2, 0) is 6.18 Å². The molecule has 164 valence electrons. The highest BCUT2D eigenvalue weighted by molar-refractivity contribution is 7.59. The highest BCUT2D eigenvalue weighted by atomic mass is 32.1. The van der Waals surface area contributed by atoms with Gasteiger partial charge in [0.25, 0.3) is 11.8 Å². The average Bonchev–Trinajstić information content (AvgIpc) is 3.31. The lowest BCUT2D eigenvalue weighted by molar-refractivity contribution is -0.137. The number of nitrogens with zero attached hydrogens (tertiary/aromatic N) is 4. The Morgan fingerprint density at radius 3 is 2.52 bits per heavy atom. The summed E-state index contributed by atoms with van der Waals surface area (Å²) in [6.45, 7) is 3.80. The fourth-order valence-corrected chi connectivity index (χ4v) is 3.33. The molecule has 1 aliphatic rings. The summed E-state index contributed by atoms with van der Waals surface area (Å²) < 4.78 is 40.0. The lowest BCUT2D eigenvalue weighted by Gasteiger charge is -2.32. The Morgan fingerprint density at radius 2 is 1.94 bits per heavy atom. The van der Waals surface area contributed by atoms with Crippen LogP contribution in [0.4, 0.5) is 24.5 Å². The molecule has 3 aromatic rings. The predicted molar refractivity (Wildman–Crippen MR) is 112 cm³/mol. The number of hydrogen-bond donors (Lipinski definition) is 2. The van der Waals surface area contributed by atoms with Crippen molar-refractivity contribution in [3.8, 4) is 0 Å². The van der Waals surface area contributed by atoms with Gasteiger partial charge in [-0.05, 0) is 44.2 Å². The van der Waals surface area contributed by atoms with Crippen LogP contribution in [0.5, 0.6) is 0 Å². The Morgan fingerprint density at radius 1 is 1.26 bits per heavy atom. The van der Waals surface area contributed by atoms with Crippen molar-refractivity contribution >= 4 is 36.7 Å². The summed E-state index contributed by atoms with van der Waals surface area (Å²) in [6.07, 6.45) is -3.09. The number of rotatable bonds is 3. The first kappa shape index (κ1) is 22.4. The standard InChI is InChI=1S/C19H17F3N6O2.H2S/c1-10-7-14(26-25-10)17(29)24-15-8-23-28-11(2)9-27(18(30)16(15)28)13-5-3-12(4-6-13)19(20,21)22;/h3-8,11H,9H2,1-2H3,(H,24,29)(H,25,26);1H2/t11-;/m0./s1. The largest absolute Gasteiger partial charge is 0.416 e. The van der Waals surface area contributed by atoms with Gasteiger partial charge >= 0.3 is 6.18 Å². The first-order chi connectivity index (χ1) is 14.1. The summed E-state index contributed by atoms with van der Waals surface area (Å²) in [7, 11) is 0. The highest BCUT2D eigenvalue weighted by Gasteiger charge is 2.35. The SMILES string of the molecule is Cc1cc(C(=O)Nc2cnn3c2C(=O)N(c2ccc(C(F)(F)F)cc2)C[C@@H]3C)n[nH]1.S. The number of aryl methyl sites for hydroxylation is 1. The Kier molecular flexibility index (Phi) is 5.85. The zero-order valence-electron chi connectivity index (χ0n) is 16.5. The van der Waals surface area contributed by atoms with Crippen molar-refractivity contribution in [3.63, 3.8) is 0 Å². The zero-order valence-corrected chi connectivity index (χ0v) is 17.5. The number of fused-ring (bicyclic) bond motifs is 1. The summed E-state index contributed by atoms with van der Waals surface area (Å²) in [4.78, 5) is 26.9. The highest BCUT2D eigenvalue weighted by Crippen LogP contribution is 2.33. The molecule has 8 nitrogen and oxygen atoms in total. The molecular weight excluding hydrogens is 433 g/mol. The summed E-state index contributed by atoms with van der Waals surface area (Å²) in [5, 5.41) is 13.4. The van der Waals surface area contributed by atoms with E-state index in [0.717, 1.165) is 12.1 Å². The van der Waals surface area contributed by atoms with E-state index in [9.17, 15) is 22.8 Å². The van der Waals surface area contributed by atoms with Gasteiger partial charge in [0.2, 0.25) is 0 Å². The lowest BCUT2D eigenvalue weighted by atomic mass is 10.1. The zero-order chi connectivity index (χ0) is 21.6. The van der Waals surface area contributed by atoms with Crippen molar-refractivity contribution in [2.75, 3.05) is 16.8 Å². The molecule has 2 aromatic heterocycles. The molecule has 2 amide bonds. The van der Waals surface area contributed by atoms with E-state index in [4.69, 9.17) is 0 Å². The maximum absolute atomic E-state index is 13.1. The van der Waals surface area contributed by atoms with Gasteiger partial charge < -0.3 is 10.2 Å². The molecule has 0 spiro atoms. The third-order valence-corrected chi connectivity index (χ3v) is 4.80. The van der Waals surface area contributed by atoms with Crippen LogP contribution in [0.1, 0.15) is 45.2 Å². The molecule has 3 heterocycles. The van der Waals surface area contributed by atoms with Crippen molar-refractivity contribution in [1.29, 1.82) is 0 Å². The van der Waals surface area contributed by atoms with E-state index in [1.807, 2.05) is 6.92 Å². The van der Waals surface area contributed by atoms with Crippen LogP contribution in [0, 0.1) is 6.92 Å². The molecule has 0 unspecified atom stereocenters. The average molecular weight is 452 g/mol. The molecule has 1 atom stereocenters. The number of benzene rings is 1. The number of carbonyl (C=O) groups is 2. The molecular formula is C19H19F3N6O2S. The number of aromatic amines is 1. The normalized spacial score (nSPS) is 16.0. The minimum atomic E-state index is -4.46. The fourth-order valence-electron chi connectivity index (χ4n) is 3.33. The van der Waals surface area contributed by atoms with Gasteiger partial charge in [-0.3, -0.25) is 19.4 Å². The number of H-pyrrole nitrogens is 1. The maximum atomic E-state index is 13.1. The van der Waals surface area contributed by atoms with Gasteiger partial charge in [0, 0.05) is 17.9 Å². The molecule has 1 aromatic carbocycles. The molecule has 12 heteroatoms. The number of nitrogens with one attached hydrogen (secondary N) is 2. The van der Waals surface area contributed by atoms with Gasteiger partial charge in [-0.25, -0.2) is 0 Å². The van der Waals surface area contributed by atoms with Crippen molar-refractivity contribution in [2.24, 2.45) is 0 Å². The van der Waals surface area contributed by atoms with Crippen molar-refractivity contribution in [3.05, 3.63) is 59.2 Å². The van der Waals surface area contributed by atoms with Gasteiger partial charge in [-0.1, -0.05) is 0 Å². The van der Waals surface area contributed by atoms with Crippen LogP contribution < -0.4 is 10.2 Å². The Balaban J connectivity index is 0.00000272. The first-order valence-corrected chi connectivity index (χ1v) is 9.05. The second-order valence-electron chi connectivity index (χ2n) is 7.05. The fraction of sp³-hybridized carbons (Fsp3) is 0.263. The van der Waals surface area contributed by atoms with E-state index in [-0.39, 0.29) is 43.2 Å². The lowest BCUT2D eigenvalue weighted by Crippen LogP contribution is -2.43. The van der Waals surface area contributed by atoms with E-state index in [0.29, 0.717) is 11.4 Å². The minimum Gasteiger partial charge on any atom is -0.317 e. The van der Waals surface area contributed by atoms with Crippen molar-refractivity contribution in [1.82, 2.24) is 20.0 Å². The van der Waals surface area contributed by atoms with Crippen LogP contribution in [0.25, 0.3) is 0 Å². The number of hydrogen-bond acceptors (Lipinski definition) is 4. The Bertz CT molecular complexity index is 1120. The number of carbonyl (C=O) groups excluding carboxylic acids is 2. The number of halogens is 3. The maximum Gasteiger partial charge on any atom is 0.416 e. The number of alkyl halides is 3. The molecule has 0 saturated heterocycles. The third kappa shape index (κ3) is 4.15. The molecule has 1 aliphatic heterocycles. The molecule has 0 saturated carbocycles. The molecule has 0 radical (unpaired) electrons. The summed E-state index contributed by atoms with van der Waals surface area (Å²) in [5.74, 6) is -0.985. The van der Waals surface area contributed by atoms with Gasteiger partial charge in [0.15, 0.2) is 11.4 Å². The van der Waals surface area contributed by atoms with Crippen LogP contribution in [-0.4, -0.2) is 38.3 Å². The van der Waals surface area contributed by atoms with Crippen molar-refractivity contribution in [2.45, 2.75) is 26.1 Å². The number of amides is 2. The molecule has 0 fully saturated rings. The van der Waals surface area contributed by atoms with E-state index >= 15 is 0 Å². The second kappa shape index (κ2) is 8.10. The smallest absolute Gasteiger partial charge is 0.317 e. The Labute approximate surface area is 181 Å². The predicted octanol–water partition coefficient (Wildman–Crippen LogP) is 3.52. The summed E-state index contributed by atoms with van der Waals surface area (Å²) in [5.41, 5.74) is 0.741. The molecule has 0 aliphatic carbocycles. The topological polar surface area (TPSA) is 95.9 Å². The van der Waals surface area contributed by atoms with Crippen LogP contribution in [0.15, 0.2) is 36.5 Å². The molecule has 31 heavy (non-hydrogen) atoms. The quantitative estimate of drug-likeness (QED) is 0.636. The van der Waals surface area contributed by atoms with E-state index in [1.54, 1.807) is 13.0 Å². The van der Waals surface area contributed by atoms with E-state index < -0.39 is 23.6 Å². The summed E-state index contributed by atoms with van der Waals surface area (Å²) >= 11 is 0. The molecule has 0 bridgehead atoms. The van der Waals surface area contributed by atoms with Gasteiger partial charge in [0.05, 0.1) is 23.5 Å². The van der Waals surface area contributed by atoms with Crippen molar-refractivity contribution < 1.29 is 22.8 Å². The third-order valence-electron chi connectivity index (χ3n) is 4.80. The Hall–Kier alpha value is -3.28. The van der Waals surface area contributed by atoms with Crippen LogP contribution in [0.3, 0.4) is 0 Å². The van der Waals surface area contributed by atoms with Crippen LogP contribution >= 0.6 is 13.5 Å². The first-order valence-electron chi connectivity index (χ1n) is 9.05. The number of anilines is 2. The molecule has 4 rings (SSSR count). The summed E-state index contributed by atoms with van der Waals surface area (Å²) in [6, 6.07) is 5.68. The van der Waals surface area contributed by atoms with Crippen LogP contribution in [0.2, 0.25) is 0 Å². The van der Waals surface area contributed by atoms with E-state index in [1.165, 1.54) is 27.9 Å². The molecule has 2 N–H and O–H groups in total. The van der Waals surface area contributed by atoms with Gasteiger partial charge in [0.1, 0.15) is 0 Å². The van der Waals surface area contributed by atoms with E-state index in [2.05, 4.69) is 20.6 Å².